The Morgan fingerprint density at radius 2 is 1.10 bits per heavy atom. The van der Waals surface area contributed by atoms with Crippen LogP contribution < -0.4 is 10.9 Å². The fourth-order valence-corrected chi connectivity index (χ4v) is 3.60. The van der Waals surface area contributed by atoms with Crippen LogP contribution in [0.1, 0.15) is 49.7 Å². The maximum atomic E-state index is 11.8. The van der Waals surface area contributed by atoms with Crippen LogP contribution in [0.4, 0.5) is 0 Å². The van der Waals surface area contributed by atoms with Gasteiger partial charge in [-0.2, -0.15) is 10.2 Å². The molecule has 0 saturated heterocycles. The summed E-state index contributed by atoms with van der Waals surface area (Å²) >= 11 is 4.46. The number of halogens is 2. The summed E-state index contributed by atoms with van der Waals surface area (Å²) < 4.78 is 2.16. The summed E-state index contributed by atoms with van der Waals surface area (Å²) in [6.45, 7) is 0. The largest absolute Gasteiger partial charge is 0.273 e. The summed E-state index contributed by atoms with van der Waals surface area (Å²) in [5, 5.41) is 8.00. The van der Waals surface area contributed by atoms with Crippen LogP contribution in [0, 0.1) is 7.14 Å². The zero-order valence-electron chi connectivity index (χ0n) is 16.5. The Bertz CT molecular complexity index is 827. The molecule has 0 bridgehead atoms. The van der Waals surface area contributed by atoms with E-state index in [9.17, 15) is 9.59 Å². The van der Waals surface area contributed by atoms with Gasteiger partial charge in [-0.3, -0.25) is 9.59 Å². The Balaban J connectivity index is 1.52. The molecule has 2 aromatic rings. The van der Waals surface area contributed by atoms with Crippen molar-refractivity contribution in [2.75, 3.05) is 0 Å². The van der Waals surface area contributed by atoms with Crippen LogP contribution in [0.2, 0.25) is 0 Å². The number of hydrazone groups is 2. The number of hydrogen-bond acceptors (Lipinski definition) is 4. The van der Waals surface area contributed by atoms with E-state index in [0.717, 1.165) is 44.0 Å². The number of nitrogens with one attached hydrogen (secondary N) is 2. The highest BCUT2D eigenvalue weighted by Crippen LogP contribution is 2.10. The highest BCUT2D eigenvalue weighted by Gasteiger charge is 2.02. The summed E-state index contributed by atoms with van der Waals surface area (Å²) in [6.07, 6.45) is 7.50. The summed E-state index contributed by atoms with van der Waals surface area (Å²) in [5.41, 5.74) is 7.05. The average Bonchev–Trinajstić information content (AvgIpc) is 2.73. The summed E-state index contributed by atoms with van der Waals surface area (Å²) in [7, 11) is 0. The van der Waals surface area contributed by atoms with Gasteiger partial charge in [-0.25, -0.2) is 10.9 Å². The number of rotatable bonds is 11. The number of carbonyl (C=O) groups excluding carboxylic acids is 2. The van der Waals surface area contributed by atoms with E-state index in [-0.39, 0.29) is 11.8 Å². The van der Waals surface area contributed by atoms with Crippen LogP contribution in [0.15, 0.2) is 58.7 Å². The molecule has 0 unspecified atom stereocenters. The van der Waals surface area contributed by atoms with Gasteiger partial charge in [0.25, 0.3) is 0 Å². The van der Waals surface area contributed by atoms with Crippen LogP contribution in [0.25, 0.3) is 0 Å². The first-order chi connectivity index (χ1) is 14.6. The van der Waals surface area contributed by atoms with Crippen molar-refractivity contribution in [2.45, 2.75) is 38.5 Å². The molecular weight excluding hydrogens is 606 g/mol. The van der Waals surface area contributed by atoms with Gasteiger partial charge in [0.05, 0.1) is 12.4 Å². The number of unbranched alkanes of at least 4 members (excludes halogenated alkanes) is 3. The van der Waals surface area contributed by atoms with E-state index in [1.54, 1.807) is 12.4 Å². The molecule has 158 valence electrons. The molecule has 0 aromatic heterocycles. The highest BCUT2D eigenvalue weighted by atomic mass is 127. The third-order valence-electron chi connectivity index (χ3n) is 4.15. The molecule has 6 nitrogen and oxygen atoms in total. The predicted octanol–water partition coefficient (Wildman–Crippen LogP) is 4.84. The molecule has 0 saturated carbocycles. The topological polar surface area (TPSA) is 82.9 Å². The van der Waals surface area contributed by atoms with E-state index in [2.05, 4.69) is 66.2 Å². The van der Waals surface area contributed by atoms with Gasteiger partial charge in [-0.15, -0.1) is 0 Å². The van der Waals surface area contributed by atoms with Gasteiger partial charge in [0.1, 0.15) is 0 Å². The quantitative estimate of drug-likeness (QED) is 0.161. The van der Waals surface area contributed by atoms with Crippen molar-refractivity contribution in [3.8, 4) is 0 Å². The predicted molar refractivity (Wildman–Crippen MR) is 137 cm³/mol. The number of carbonyl (C=O) groups is 2. The lowest BCUT2D eigenvalue weighted by atomic mass is 10.1. The molecule has 0 spiro atoms. The van der Waals surface area contributed by atoms with Crippen LogP contribution in [-0.2, 0) is 9.59 Å². The van der Waals surface area contributed by atoms with Crippen LogP contribution in [-0.4, -0.2) is 24.2 Å². The molecule has 2 amide bonds. The minimum absolute atomic E-state index is 0.0974. The number of amides is 2. The Morgan fingerprint density at radius 1 is 0.700 bits per heavy atom. The summed E-state index contributed by atoms with van der Waals surface area (Å²) in [5.74, 6) is -0.195. The Kier molecular flexibility index (Phi) is 11.6. The first kappa shape index (κ1) is 24.4. The minimum atomic E-state index is -0.0974. The fourth-order valence-electron chi connectivity index (χ4n) is 2.54. The minimum Gasteiger partial charge on any atom is -0.273 e. The van der Waals surface area contributed by atoms with Crippen LogP contribution >= 0.6 is 45.2 Å². The average molecular weight is 630 g/mol. The van der Waals surface area contributed by atoms with Crippen molar-refractivity contribution in [3.63, 3.8) is 0 Å². The summed E-state index contributed by atoms with van der Waals surface area (Å²) in [4.78, 5) is 23.6. The van der Waals surface area contributed by atoms with Crippen molar-refractivity contribution >= 4 is 69.4 Å². The standard InChI is InChI=1S/C22H24I2N4O2/c23-19-11-7-5-9-17(19)15-25-27-21(29)13-3-1-2-4-14-22(30)28-26-16-18-10-6-8-12-20(18)24/h5-12,15-16H,1-4,13-14H2,(H,27,29)(H,28,30)/b25-15+,26-16+. The maximum Gasteiger partial charge on any atom is 0.240 e. The van der Waals surface area contributed by atoms with Crippen LogP contribution in [0.3, 0.4) is 0 Å². The van der Waals surface area contributed by atoms with Crippen molar-refractivity contribution in [1.82, 2.24) is 10.9 Å². The summed E-state index contributed by atoms with van der Waals surface area (Å²) in [6, 6.07) is 15.6. The SMILES string of the molecule is O=C(CCCCCCC(=O)N/N=C/c1ccccc1I)N/N=C/c1ccccc1I. The van der Waals surface area contributed by atoms with Crippen molar-refractivity contribution < 1.29 is 9.59 Å². The van der Waals surface area contributed by atoms with E-state index in [0.29, 0.717) is 12.8 Å². The first-order valence-corrected chi connectivity index (χ1v) is 11.8. The van der Waals surface area contributed by atoms with Gasteiger partial charge >= 0.3 is 0 Å². The van der Waals surface area contributed by atoms with E-state index < -0.39 is 0 Å². The van der Waals surface area contributed by atoms with Gasteiger partial charge in [0, 0.05) is 31.1 Å². The molecule has 0 aliphatic heterocycles. The molecule has 0 aliphatic rings. The molecule has 30 heavy (non-hydrogen) atoms. The Hall–Kier alpha value is -1.82. The van der Waals surface area contributed by atoms with Crippen molar-refractivity contribution in [3.05, 3.63) is 66.8 Å². The first-order valence-electron chi connectivity index (χ1n) is 9.69. The zero-order chi connectivity index (χ0) is 21.6. The lowest BCUT2D eigenvalue weighted by molar-refractivity contribution is -0.122. The molecule has 8 heteroatoms. The molecule has 0 radical (unpaired) electrons. The second kappa shape index (κ2) is 14.2. The molecule has 0 aliphatic carbocycles. The van der Waals surface area contributed by atoms with E-state index in [4.69, 9.17) is 0 Å². The van der Waals surface area contributed by atoms with Gasteiger partial charge in [-0.1, -0.05) is 49.2 Å². The normalized spacial score (nSPS) is 11.1. The molecule has 2 N–H and O–H groups in total. The number of hydrogen-bond donors (Lipinski definition) is 2. The smallest absolute Gasteiger partial charge is 0.240 e. The molecule has 2 aromatic carbocycles. The maximum absolute atomic E-state index is 11.8. The second-order valence-corrected chi connectivity index (χ2v) is 8.87. The van der Waals surface area contributed by atoms with Crippen molar-refractivity contribution in [2.24, 2.45) is 10.2 Å². The van der Waals surface area contributed by atoms with Crippen LogP contribution in [0.5, 0.6) is 0 Å². The monoisotopic (exact) mass is 630 g/mol. The van der Waals surface area contributed by atoms with Crippen molar-refractivity contribution in [1.29, 1.82) is 0 Å². The Labute approximate surface area is 204 Å². The number of benzene rings is 2. The number of nitrogens with zero attached hydrogens (tertiary/aromatic N) is 2. The Morgan fingerprint density at radius 3 is 1.50 bits per heavy atom. The van der Waals surface area contributed by atoms with E-state index in [1.807, 2.05) is 48.5 Å². The third kappa shape index (κ3) is 9.79. The van der Waals surface area contributed by atoms with E-state index >= 15 is 0 Å². The highest BCUT2D eigenvalue weighted by molar-refractivity contribution is 14.1. The zero-order valence-corrected chi connectivity index (χ0v) is 20.8. The molecular formula is C22H24I2N4O2. The molecule has 0 atom stereocenters. The second-order valence-electron chi connectivity index (χ2n) is 6.54. The molecule has 2 rings (SSSR count). The van der Waals surface area contributed by atoms with Gasteiger partial charge < -0.3 is 0 Å². The lowest BCUT2D eigenvalue weighted by Crippen LogP contribution is -2.17. The molecule has 0 fully saturated rings. The van der Waals surface area contributed by atoms with Gasteiger partial charge in [0.2, 0.25) is 11.8 Å². The van der Waals surface area contributed by atoms with Gasteiger partial charge in [0.15, 0.2) is 0 Å². The van der Waals surface area contributed by atoms with Gasteiger partial charge in [-0.05, 0) is 70.2 Å². The van der Waals surface area contributed by atoms with E-state index in [1.165, 1.54) is 0 Å². The lowest BCUT2D eigenvalue weighted by Gasteiger charge is -2.02. The third-order valence-corrected chi connectivity index (χ3v) is 6.12. The molecule has 0 heterocycles. The fraction of sp³-hybridized carbons (Fsp3) is 0.273.